The molecule has 1 amide bonds. The van der Waals surface area contributed by atoms with Gasteiger partial charge in [-0.05, 0) is 36.4 Å². The molecule has 26 heavy (non-hydrogen) atoms. The number of carbonyl (C=O) groups is 1. The van der Waals surface area contributed by atoms with Crippen molar-refractivity contribution in [3.8, 4) is 5.75 Å². The molecule has 0 saturated heterocycles. The number of anilines is 2. The molecule has 1 aromatic carbocycles. The fraction of sp³-hybridized carbons (Fsp3) is 0.133. The molecular formula is C15H15F3IN5O2. The zero-order valence-electron chi connectivity index (χ0n) is 13.2. The Balaban J connectivity index is 0.00000338. The molecule has 0 unspecified atom stereocenters. The fourth-order valence-electron chi connectivity index (χ4n) is 1.72. The molecule has 1 aromatic heterocycles. The van der Waals surface area contributed by atoms with Crippen LogP contribution in [0, 0.1) is 0 Å². The number of aliphatic imine (C=N–C) groups is 1. The number of ether oxygens (including phenoxy) is 1. The van der Waals surface area contributed by atoms with Gasteiger partial charge in [0.2, 0.25) is 5.91 Å². The second-order valence-corrected chi connectivity index (χ2v) is 4.69. The number of hydrogen-bond donors (Lipinski definition) is 3. The Kier molecular flexibility index (Phi) is 8.09. The molecule has 2 rings (SSSR count). The summed E-state index contributed by atoms with van der Waals surface area (Å²) >= 11 is 0. The van der Waals surface area contributed by atoms with Crippen LogP contribution in [0.3, 0.4) is 0 Å². The summed E-state index contributed by atoms with van der Waals surface area (Å²) in [6.07, 6.45) is -1.70. The van der Waals surface area contributed by atoms with E-state index >= 15 is 0 Å². The highest BCUT2D eigenvalue weighted by molar-refractivity contribution is 14.0. The van der Waals surface area contributed by atoms with Crippen molar-refractivity contribution in [2.24, 2.45) is 10.7 Å². The minimum atomic E-state index is -4.75. The number of benzene rings is 1. The van der Waals surface area contributed by atoms with Crippen LogP contribution in [-0.2, 0) is 4.79 Å². The van der Waals surface area contributed by atoms with Crippen LogP contribution >= 0.6 is 24.0 Å². The van der Waals surface area contributed by atoms with Crippen LogP contribution < -0.4 is 21.1 Å². The summed E-state index contributed by atoms with van der Waals surface area (Å²) in [6, 6.07) is 8.25. The van der Waals surface area contributed by atoms with Crippen molar-refractivity contribution in [1.29, 1.82) is 0 Å². The standard InChI is InChI=1S/C15H14F3N5O2.HI/c16-15(17,18)25-12-5-3-10(4-6-12)23-14(19)21-9-13(24)22-11-2-1-7-20-8-11;/h1-8H,9H2,(H,22,24)(H3,19,21,23);1H. The summed E-state index contributed by atoms with van der Waals surface area (Å²) in [7, 11) is 0. The summed E-state index contributed by atoms with van der Waals surface area (Å²) < 4.78 is 39.9. The third kappa shape index (κ3) is 8.00. The number of halogens is 4. The summed E-state index contributed by atoms with van der Waals surface area (Å²) in [5.74, 6) is -0.818. The maximum atomic E-state index is 12.1. The lowest BCUT2D eigenvalue weighted by atomic mass is 10.3. The van der Waals surface area contributed by atoms with E-state index < -0.39 is 12.3 Å². The molecule has 0 saturated carbocycles. The Morgan fingerprint density at radius 3 is 2.42 bits per heavy atom. The first-order valence-corrected chi connectivity index (χ1v) is 6.94. The van der Waals surface area contributed by atoms with E-state index in [2.05, 4.69) is 25.3 Å². The zero-order valence-corrected chi connectivity index (χ0v) is 15.5. The summed E-state index contributed by atoms with van der Waals surface area (Å²) in [5, 5.41) is 5.23. The van der Waals surface area contributed by atoms with Crippen molar-refractivity contribution in [3.63, 3.8) is 0 Å². The lowest BCUT2D eigenvalue weighted by Gasteiger charge is -2.10. The summed E-state index contributed by atoms with van der Waals surface area (Å²) in [4.78, 5) is 19.4. The van der Waals surface area contributed by atoms with Gasteiger partial charge >= 0.3 is 6.36 Å². The number of guanidine groups is 1. The van der Waals surface area contributed by atoms with Crippen molar-refractivity contribution in [1.82, 2.24) is 4.98 Å². The zero-order chi connectivity index (χ0) is 18.3. The SMILES string of the molecule is I.NC(=NCC(=O)Nc1cccnc1)Nc1ccc(OC(F)(F)F)cc1. The Bertz CT molecular complexity index is 739. The fourth-order valence-corrected chi connectivity index (χ4v) is 1.72. The van der Waals surface area contributed by atoms with Crippen LogP contribution in [0.2, 0.25) is 0 Å². The van der Waals surface area contributed by atoms with Gasteiger partial charge in [0.05, 0.1) is 11.9 Å². The maximum Gasteiger partial charge on any atom is 0.573 e. The van der Waals surface area contributed by atoms with Crippen molar-refractivity contribution in [2.75, 3.05) is 17.2 Å². The topological polar surface area (TPSA) is 102 Å². The molecule has 0 atom stereocenters. The molecule has 0 aliphatic carbocycles. The lowest BCUT2D eigenvalue weighted by molar-refractivity contribution is -0.274. The summed E-state index contributed by atoms with van der Waals surface area (Å²) in [6.45, 7) is -0.233. The molecule has 7 nitrogen and oxygen atoms in total. The maximum absolute atomic E-state index is 12.1. The number of aromatic nitrogens is 1. The van der Waals surface area contributed by atoms with E-state index in [1.165, 1.54) is 18.3 Å². The average Bonchev–Trinajstić information content (AvgIpc) is 2.54. The van der Waals surface area contributed by atoms with Crippen molar-refractivity contribution < 1.29 is 22.7 Å². The smallest absolute Gasteiger partial charge is 0.406 e. The van der Waals surface area contributed by atoms with E-state index in [4.69, 9.17) is 5.73 Å². The largest absolute Gasteiger partial charge is 0.573 e. The van der Waals surface area contributed by atoms with Gasteiger partial charge in [0, 0.05) is 11.9 Å². The highest BCUT2D eigenvalue weighted by Gasteiger charge is 2.30. The highest BCUT2D eigenvalue weighted by Crippen LogP contribution is 2.23. The van der Waals surface area contributed by atoms with Gasteiger partial charge in [0.25, 0.3) is 0 Å². The number of amides is 1. The molecule has 11 heteroatoms. The van der Waals surface area contributed by atoms with Crippen molar-refractivity contribution in [2.45, 2.75) is 6.36 Å². The van der Waals surface area contributed by atoms with Gasteiger partial charge in [-0.3, -0.25) is 9.78 Å². The van der Waals surface area contributed by atoms with Crippen LogP contribution in [0.5, 0.6) is 5.75 Å². The first-order chi connectivity index (χ1) is 11.8. The molecular weight excluding hydrogens is 466 g/mol. The molecule has 0 aliphatic heterocycles. The van der Waals surface area contributed by atoms with Crippen molar-refractivity contribution in [3.05, 3.63) is 48.8 Å². The van der Waals surface area contributed by atoms with E-state index in [-0.39, 0.29) is 42.2 Å². The Morgan fingerprint density at radius 2 is 1.85 bits per heavy atom. The second kappa shape index (κ2) is 9.79. The molecule has 0 radical (unpaired) electrons. The van der Waals surface area contributed by atoms with E-state index in [0.717, 1.165) is 12.1 Å². The molecule has 0 spiro atoms. The van der Waals surface area contributed by atoms with Crippen LogP contribution in [0.25, 0.3) is 0 Å². The monoisotopic (exact) mass is 481 g/mol. The number of nitrogens with two attached hydrogens (primary N) is 1. The predicted octanol–water partition coefficient (Wildman–Crippen LogP) is 2.96. The van der Waals surface area contributed by atoms with Gasteiger partial charge < -0.3 is 21.1 Å². The quantitative estimate of drug-likeness (QED) is 0.347. The van der Waals surface area contributed by atoms with Gasteiger partial charge in [-0.25, -0.2) is 4.99 Å². The number of pyridine rings is 1. The van der Waals surface area contributed by atoms with Crippen LogP contribution in [0.1, 0.15) is 0 Å². The minimum Gasteiger partial charge on any atom is -0.406 e. The number of rotatable bonds is 5. The molecule has 0 bridgehead atoms. The van der Waals surface area contributed by atoms with Crippen LogP contribution in [0.15, 0.2) is 53.8 Å². The lowest BCUT2D eigenvalue weighted by Crippen LogP contribution is -2.25. The minimum absolute atomic E-state index is 0. The first-order valence-electron chi connectivity index (χ1n) is 6.94. The number of carbonyl (C=O) groups excluding carboxylic acids is 1. The van der Waals surface area contributed by atoms with E-state index in [1.54, 1.807) is 18.3 Å². The number of nitrogens with one attached hydrogen (secondary N) is 2. The van der Waals surface area contributed by atoms with Gasteiger partial charge in [0.1, 0.15) is 12.3 Å². The molecule has 0 fully saturated rings. The van der Waals surface area contributed by atoms with E-state index in [0.29, 0.717) is 11.4 Å². The van der Waals surface area contributed by atoms with Gasteiger partial charge in [-0.2, -0.15) is 0 Å². The van der Waals surface area contributed by atoms with Crippen LogP contribution in [0.4, 0.5) is 24.5 Å². The molecule has 4 N–H and O–H groups in total. The number of hydrogen-bond acceptors (Lipinski definition) is 4. The van der Waals surface area contributed by atoms with Gasteiger partial charge in [-0.1, -0.05) is 0 Å². The van der Waals surface area contributed by atoms with Gasteiger partial charge in [-0.15, -0.1) is 37.1 Å². The normalized spacial score (nSPS) is 11.3. The van der Waals surface area contributed by atoms with E-state index in [1.807, 2.05) is 0 Å². The van der Waals surface area contributed by atoms with Crippen molar-refractivity contribution >= 4 is 47.2 Å². The summed E-state index contributed by atoms with van der Waals surface area (Å²) in [5.41, 5.74) is 6.54. The number of nitrogens with zero attached hydrogens (tertiary/aromatic N) is 2. The van der Waals surface area contributed by atoms with Crippen LogP contribution in [-0.4, -0.2) is 29.8 Å². The Hall–Kier alpha value is -2.57. The Labute approximate surface area is 163 Å². The third-order valence-electron chi connectivity index (χ3n) is 2.70. The van der Waals surface area contributed by atoms with E-state index in [9.17, 15) is 18.0 Å². The molecule has 0 aliphatic rings. The third-order valence-corrected chi connectivity index (χ3v) is 2.70. The Morgan fingerprint density at radius 1 is 1.15 bits per heavy atom. The molecule has 2 aromatic rings. The van der Waals surface area contributed by atoms with Gasteiger partial charge in [0.15, 0.2) is 5.96 Å². The second-order valence-electron chi connectivity index (χ2n) is 4.69. The molecule has 1 heterocycles. The highest BCUT2D eigenvalue weighted by atomic mass is 127. The first kappa shape index (κ1) is 21.5. The predicted molar refractivity (Wildman–Crippen MR) is 102 cm³/mol. The molecule has 140 valence electrons. The average molecular weight is 481 g/mol. The number of alkyl halides is 3.